The van der Waals surface area contributed by atoms with Gasteiger partial charge in [-0.05, 0) is 32.4 Å². The predicted octanol–water partition coefficient (Wildman–Crippen LogP) is 2.05. The van der Waals surface area contributed by atoms with E-state index in [-0.39, 0.29) is 35.7 Å². The van der Waals surface area contributed by atoms with E-state index in [4.69, 9.17) is 5.73 Å². The van der Waals surface area contributed by atoms with Gasteiger partial charge in [0, 0.05) is 30.6 Å². The molecule has 1 saturated carbocycles. The number of halogens is 4. The second-order valence-electron chi connectivity index (χ2n) is 7.64. The van der Waals surface area contributed by atoms with Gasteiger partial charge in [0.05, 0.1) is 22.5 Å². The Bertz CT molecular complexity index is 1050. The summed E-state index contributed by atoms with van der Waals surface area (Å²) in [6, 6.07) is 0.912. The molecule has 1 aliphatic carbocycles. The minimum absolute atomic E-state index is 0.00269. The van der Waals surface area contributed by atoms with Crippen molar-refractivity contribution in [1.29, 1.82) is 0 Å². The maximum Gasteiger partial charge on any atom is 0.393 e. The Balaban J connectivity index is 1.90. The van der Waals surface area contributed by atoms with Gasteiger partial charge in [-0.2, -0.15) is 13.2 Å². The lowest BCUT2D eigenvalue weighted by Crippen LogP contribution is -2.33. The van der Waals surface area contributed by atoms with Crippen molar-refractivity contribution >= 4 is 16.6 Å². The zero-order valence-electron chi connectivity index (χ0n) is 15.1. The Kier molecular flexibility index (Phi) is 4.29. The van der Waals surface area contributed by atoms with Gasteiger partial charge in [0.15, 0.2) is 0 Å². The van der Waals surface area contributed by atoms with E-state index in [0.29, 0.717) is 5.56 Å². The van der Waals surface area contributed by atoms with Crippen LogP contribution in [0, 0.1) is 24.6 Å². The van der Waals surface area contributed by atoms with Crippen molar-refractivity contribution in [3.8, 4) is 0 Å². The molecule has 2 fully saturated rings. The molecule has 28 heavy (non-hydrogen) atoms. The normalized spacial score (nSPS) is 23.0. The number of H-pyrrole nitrogens is 1. The molecule has 1 aromatic carbocycles. The third-order valence-corrected chi connectivity index (χ3v) is 5.78. The zero-order valence-corrected chi connectivity index (χ0v) is 15.1. The fourth-order valence-electron chi connectivity index (χ4n) is 4.30. The molecular formula is C18H20F4N4O2. The van der Waals surface area contributed by atoms with E-state index in [9.17, 15) is 27.2 Å². The summed E-state index contributed by atoms with van der Waals surface area (Å²) < 4.78 is 56.4. The van der Waals surface area contributed by atoms with Gasteiger partial charge in [-0.15, -0.1) is 0 Å². The van der Waals surface area contributed by atoms with Gasteiger partial charge in [-0.25, -0.2) is 9.18 Å². The van der Waals surface area contributed by atoms with Crippen molar-refractivity contribution in [1.82, 2.24) is 9.55 Å². The van der Waals surface area contributed by atoms with E-state index in [1.54, 1.807) is 0 Å². The summed E-state index contributed by atoms with van der Waals surface area (Å²) >= 11 is 0. The van der Waals surface area contributed by atoms with Crippen LogP contribution in [-0.4, -0.2) is 35.4 Å². The van der Waals surface area contributed by atoms with Crippen LogP contribution in [0.4, 0.5) is 23.2 Å². The number of benzene rings is 1. The third-order valence-electron chi connectivity index (χ3n) is 5.78. The molecule has 0 bridgehead atoms. The maximum atomic E-state index is 14.9. The minimum atomic E-state index is -4.44. The van der Waals surface area contributed by atoms with E-state index in [1.807, 2.05) is 0 Å². The summed E-state index contributed by atoms with van der Waals surface area (Å²) in [6.07, 6.45) is -2.93. The van der Waals surface area contributed by atoms with Gasteiger partial charge < -0.3 is 10.6 Å². The Morgan fingerprint density at radius 3 is 2.46 bits per heavy atom. The van der Waals surface area contributed by atoms with Crippen LogP contribution in [0.25, 0.3) is 10.9 Å². The fraction of sp³-hybridized carbons (Fsp3) is 0.556. The number of anilines is 1. The number of aromatic nitrogens is 2. The maximum absolute atomic E-state index is 14.9. The highest BCUT2D eigenvalue weighted by atomic mass is 19.4. The molecule has 4 rings (SSSR count). The molecule has 10 heteroatoms. The molecule has 1 aromatic heterocycles. The van der Waals surface area contributed by atoms with E-state index in [2.05, 4.69) is 4.98 Å². The lowest BCUT2D eigenvalue weighted by molar-refractivity contribution is -0.178. The second-order valence-corrected chi connectivity index (χ2v) is 7.64. The van der Waals surface area contributed by atoms with Crippen LogP contribution < -0.4 is 21.9 Å². The molecule has 3 N–H and O–H groups in total. The van der Waals surface area contributed by atoms with E-state index >= 15 is 0 Å². The molecule has 0 spiro atoms. The molecule has 2 atom stereocenters. The van der Waals surface area contributed by atoms with Crippen molar-refractivity contribution in [2.24, 2.45) is 17.6 Å². The molecule has 1 aliphatic heterocycles. The molecule has 1 saturated heterocycles. The highest BCUT2D eigenvalue weighted by molar-refractivity contribution is 5.87. The molecule has 0 amide bonds. The van der Waals surface area contributed by atoms with Crippen molar-refractivity contribution in [3.63, 3.8) is 0 Å². The Hall–Kier alpha value is -2.36. The van der Waals surface area contributed by atoms with Crippen molar-refractivity contribution in [2.45, 2.75) is 32.0 Å². The molecule has 2 unspecified atom stereocenters. The quantitative estimate of drug-likeness (QED) is 0.773. The Morgan fingerprint density at radius 2 is 1.93 bits per heavy atom. The molecular weight excluding hydrogens is 380 g/mol. The first-order valence-electron chi connectivity index (χ1n) is 9.12. The summed E-state index contributed by atoms with van der Waals surface area (Å²) in [6.45, 7) is 0.921. The summed E-state index contributed by atoms with van der Waals surface area (Å²) in [5, 5.41) is 0.0205. The Morgan fingerprint density at radius 1 is 1.25 bits per heavy atom. The van der Waals surface area contributed by atoms with Crippen LogP contribution >= 0.6 is 0 Å². The van der Waals surface area contributed by atoms with Gasteiger partial charge in [-0.3, -0.25) is 14.3 Å². The lowest BCUT2D eigenvalue weighted by atomic mass is 9.96. The highest BCUT2D eigenvalue weighted by Crippen LogP contribution is 2.42. The SMILES string of the molecule is Cc1c(N2CC(CN)C(C(F)(F)F)C2)c(F)cc2c(=O)[nH]c(=O)n(C3CC3)c12. The standard InChI is InChI=1S/C18H20F4N4O2/c1-8-14-11(16(27)24-17(28)26(14)10-2-3-10)4-13(19)15(8)25-6-9(5-23)12(7-25)18(20,21)22/h4,9-10,12H,2-3,5-7,23H2,1H3,(H,24,27,28). The molecule has 0 radical (unpaired) electrons. The van der Waals surface area contributed by atoms with Crippen LogP contribution in [0.3, 0.4) is 0 Å². The topological polar surface area (TPSA) is 84.1 Å². The number of nitrogens with two attached hydrogens (primary N) is 1. The average Bonchev–Trinajstić information content (AvgIpc) is 3.33. The van der Waals surface area contributed by atoms with Gasteiger partial charge >= 0.3 is 11.9 Å². The first-order chi connectivity index (χ1) is 13.1. The van der Waals surface area contributed by atoms with Crippen molar-refractivity contribution in [2.75, 3.05) is 24.5 Å². The number of hydrogen-bond acceptors (Lipinski definition) is 4. The predicted molar refractivity (Wildman–Crippen MR) is 96.1 cm³/mol. The number of hydrogen-bond donors (Lipinski definition) is 2. The van der Waals surface area contributed by atoms with Crippen molar-refractivity contribution in [3.05, 3.63) is 38.3 Å². The van der Waals surface area contributed by atoms with E-state index < -0.39 is 41.6 Å². The monoisotopic (exact) mass is 400 g/mol. The average molecular weight is 400 g/mol. The number of nitrogens with zero attached hydrogens (tertiary/aromatic N) is 2. The van der Waals surface area contributed by atoms with E-state index in [1.165, 1.54) is 16.4 Å². The largest absolute Gasteiger partial charge is 0.393 e. The minimum Gasteiger partial charge on any atom is -0.368 e. The summed E-state index contributed by atoms with van der Waals surface area (Å²) in [5.41, 5.74) is 4.81. The smallest absolute Gasteiger partial charge is 0.368 e. The van der Waals surface area contributed by atoms with Crippen molar-refractivity contribution < 1.29 is 17.6 Å². The molecule has 152 valence electrons. The summed E-state index contributed by atoms with van der Waals surface area (Å²) in [7, 11) is 0. The number of nitrogens with one attached hydrogen (secondary N) is 1. The Labute approximate surface area is 156 Å². The summed E-state index contributed by atoms with van der Waals surface area (Å²) in [5.74, 6) is -3.29. The lowest BCUT2D eigenvalue weighted by Gasteiger charge is -2.24. The van der Waals surface area contributed by atoms with Crippen LogP contribution in [0.2, 0.25) is 0 Å². The van der Waals surface area contributed by atoms with Crippen LogP contribution in [-0.2, 0) is 0 Å². The molecule has 6 nitrogen and oxygen atoms in total. The number of rotatable bonds is 3. The molecule has 2 aliphatic rings. The van der Waals surface area contributed by atoms with Gasteiger partial charge in [0.1, 0.15) is 5.82 Å². The first-order valence-corrected chi connectivity index (χ1v) is 9.12. The number of aromatic amines is 1. The summed E-state index contributed by atoms with van der Waals surface area (Å²) in [4.78, 5) is 28.1. The number of fused-ring (bicyclic) bond motifs is 1. The first kappa shape index (κ1) is 19.0. The number of aryl methyl sites for hydroxylation is 1. The third kappa shape index (κ3) is 2.90. The highest BCUT2D eigenvalue weighted by Gasteiger charge is 2.49. The fourth-order valence-corrected chi connectivity index (χ4v) is 4.30. The second kappa shape index (κ2) is 6.33. The van der Waals surface area contributed by atoms with Crippen LogP contribution in [0.5, 0.6) is 0 Å². The van der Waals surface area contributed by atoms with Crippen LogP contribution in [0.1, 0.15) is 24.4 Å². The van der Waals surface area contributed by atoms with Gasteiger partial charge in [-0.1, -0.05) is 0 Å². The van der Waals surface area contributed by atoms with Gasteiger partial charge in [0.2, 0.25) is 0 Å². The van der Waals surface area contributed by atoms with Crippen LogP contribution in [0.15, 0.2) is 15.7 Å². The molecule has 2 heterocycles. The van der Waals surface area contributed by atoms with E-state index in [0.717, 1.165) is 18.9 Å². The molecule has 2 aromatic rings. The number of alkyl halides is 3. The van der Waals surface area contributed by atoms with Gasteiger partial charge in [0.25, 0.3) is 5.56 Å². The zero-order chi connectivity index (χ0) is 20.4.